The van der Waals surface area contributed by atoms with Gasteiger partial charge in [0.2, 0.25) is 0 Å². The van der Waals surface area contributed by atoms with E-state index < -0.39 is 9.84 Å². The molecule has 1 aliphatic heterocycles. The summed E-state index contributed by atoms with van der Waals surface area (Å²) in [6, 6.07) is 7.00. The molecule has 0 bridgehead atoms. The number of sulfone groups is 1. The van der Waals surface area contributed by atoms with Gasteiger partial charge in [-0.15, -0.1) is 0 Å². The lowest BCUT2D eigenvalue weighted by atomic mass is 10.0. The number of rotatable bonds is 5. The normalized spacial score (nSPS) is 22.9. The highest BCUT2D eigenvalue weighted by molar-refractivity contribution is 7.91. The number of hydrogen-bond donors (Lipinski definition) is 1. The van der Waals surface area contributed by atoms with Crippen molar-refractivity contribution in [2.75, 3.05) is 25.2 Å². The Morgan fingerprint density at radius 3 is 2.79 bits per heavy atom. The first kappa shape index (κ1) is 14.1. The zero-order valence-electron chi connectivity index (χ0n) is 10.9. The predicted octanol–water partition coefficient (Wildman–Crippen LogP) is 0.836. The maximum absolute atomic E-state index is 11.4. The Balaban J connectivity index is 1.88. The van der Waals surface area contributed by atoms with Crippen molar-refractivity contribution in [2.24, 2.45) is 11.7 Å². The van der Waals surface area contributed by atoms with E-state index in [2.05, 4.69) is 0 Å². The van der Waals surface area contributed by atoms with E-state index in [-0.39, 0.29) is 23.5 Å². The van der Waals surface area contributed by atoms with Crippen molar-refractivity contribution in [3.05, 3.63) is 24.3 Å². The third-order valence-electron chi connectivity index (χ3n) is 3.36. The van der Waals surface area contributed by atoms with Crippen LogP contribution in [0.3, 0.4) is 0 Å². The molecule has 2 atom stereocenters. The fourth-order valence-electron chi connectivity index (χ4n) is 2.18. The zero-order chi connectivity index (χ0) is 13.9. The van der Waals surface area contributed by atoms with Crippen LogP contribution in [0.1, 0.15) is 6.42 Å². The summed E-state index contributed by atoms with van der Waals surface area (Å²) in [6.07, 6.45) is 0.630. The van der Waals surface area contributed by atoms with E-state index in [9.17, 15) is 8.42 Å². The molecule has 2 rings (SSSR count). The van der Waals surface area contributed by atoms with E-state index in [1.807, 2.05) is 18.2 Å². The van der Waals surface area contributed by atoms with Gasteiger partial charge in [-0.1, -0.05) is 6.07 Å². The molecule has 0 radical (unpaired) electrons. The van der Waals surface area contributed by atoms with Gasteiger partial charge in [0.25, 0.3) is 0 Å². The predicted molar refractivity (Wildman–Crippen MR) is 73.2 cm³/mol. The van der Waals surface area contributed by atoms with E-state index in [0.29, 0.717) is 18.8 Å². The Bertz CT molecular complexity index is 529. The highest BCUT2D eigenvalue weighted by Gasteiger charge is 2.32. The van der Waals surface area contributed by atoms with Crippen molar-refractivity contribution < 1.29 is 17.9 Å². The molecule has 0 amide bonds. The van der Waals surface area contributed by atoms with Crippen LogP contribution < -0.4 is 15.2 Å². The van der Waals surface area contributed by atoms with Gasteiger partial charge in [0, 0.05) is 12.1 Å². The summed E-state index contributed by atoms with van der Waals surface area (Å²) in [5, 5.41) is 0. The largest absolute Gasteiger partial charge is 0.497 e. The van der Waals surface area contributed by atoms with E-state index in [0.717, 1.165) is 5.75 Å². The first-order valence-corrected chi connectivity index (χ1v) is 8.05. The molecule has 1 heterocycles. The molecule has 1 saturated heterocycles. The molecular formula is C13H19NO4S. The van der Waals surface area contributed by atoms with Crippen molar-refractivity contribution in [2.45, 2.75) is 12.5 Å². The number of methoxy groups -OCH3 is 1. The average molecular weight is 285 g/mol. The Morgan fingerprint density at radius 2 is 2.16 bits per heavy atom. The molecule has 19 heavy (non-hydrogen) atoms. The van der Waals surface area contributed by atoms with Crippen molar-refractivity contribution in [3.63, 3.8) is 0 Å². The minimum Gasteiger partial charge on any atom is -0.497 e. The molecule has 0 spiro atoms. The highest BCUT2D eigenvalue weighted by atomic mass is 32.2. The topological polar surface area (TPSA) is 78.6 Å². The molecule has 5 nitrogen and oxygen atoms in total. The van der Waals surface area contributed by atoms with Crippen molar-refractivity contribution in [1.29, 1.82) is 0 Å². The van der Waals surface area contributed by atoms with Crippen LogP contribution in [0, 0.1) is 5.92 Å². The average Bonchev–Trinajstić information content (AvgIpc) is 2.76. The van der Waals surface area contributed by atoms with E-state index in [1.54, 1.807) is 13.2 Å². The first-order chi connectivity index (χ1) is 9.00. The summed E-state index contributed by atoms with van der Waals surface area (Å²) >= 11 is 0. The standard InChI is InChI=1S/C13H19NO4S/c1-17-11-3-2-4-12(7-11)18-8-13(14)10-5-6-19(15,16)9-10/h2-4,7,10,13H,5-6,8-9,14H2,1H3. The molecule has 1 aromatic rings. The number of benzene rings is 1. The van der Waals surface area contributed by atoms with Crippen LogP contribution in [0.15, 0.2) is 24.3 Å². The molecule has 6 heteroatoms. The zero-order valence-corrected chi connectivity index (χ0v) is 11.7. The van der Waals surface area contributed by atoms with Crippen LogP contribution in [0.2, 0.25) is 0 Å². The van der Waals surface area contributed by atoms with Gasteiger partial charge >= 0.3 is 0 Å². The quantitative estimate of drug-likeness (QED) is 0.867. The molecule has 2 unspecified atom stereocenters. The molecule has 106 valence electrons. The lowest BCUT2D eigenvalue weighted by Gasteiger charge is -2.18. The molecule has 1 fully saturated rings. The Labute approximate surface area is 113 Å². The highest BCUT2D eigenvalue weighted by Crippen LogP contribution is 2.23. The van der Waals surface area contributed by atoms with Crippen LogP contribution in [-0.2, 0) is 9.84 Å². The molecule has 0 aromatic heterocycles. The summed E-state index contributed by atoms with van der Waals surface area (Å²) < 4.78 is 33.5. The molecule has 2 N–H and O–H groups in total. The molecule has 1 aliphatic rings. The van der Waals surface area contributed by atoms with E-state index >= 15 is 0 Å². The smallest absolute Gasteiger partial charge is 0.150 e. The minimum atomic E-state index is -2.89. The van der Waals surface area contributed by atoms with Gasteiger partial charge in [0.05, 0.1) is 18.6 Å². The first-order valence-electron chi connectivity index (χ1n) is 6.23. The second kappa shape index (κ2) is 5.79. The van der Waals surface area contributed by atoms with Gasteiger partial charge in [0.1, 0.15) is 18.1 Å². The van der Waals surface area contributed by atoms with Gasteiger partial charge in [-0.3, -0.25) is 0 Å². The van der Waals surface area contributed by atoms with Gasteiger partial charge in [0.15, 0.2) is 9.84 Å². The Hall–Kier alpha value is -1.27. The monoisotopic (exact) mass is 285 g/mol. The van der Waals surface area contributed by atoms with Gasteiger partial charge in [-0.2, -0.15) is 0 Å². The van der Waals surface area contributed by atoms with Crippen LogP contribution in [0.4, 0.5) is 0 Å². The van der Waals surface area contributed by atoms with E-state index in [4.69, 9.17) is 15.2 Å². The Kier molecular flexibility index (Phi) is 4.31. The summed E-state index contributed by atoms with van der Waals surface area (Å²) in [7, 11) is -1.30. The SMILES string of the molecule is COc1cccc(OCC(N)C2CCS(=O)(=O)C2)c1. The fourth-order valence-corrected chi connectivity index (χ4v) is 4.08. The second-order valence-electron chi connectivity index (χ2n) is 4.82. The summed E-state index contributed by atoms with van der Waals surface area (Å²) in [5.74, 6) is 1.81. The maximum atomic E-state index is 11.4. The summed E-state index contributed by atoms with van der Waals surface area (Å²) in [5.41, 5.74) is 6.00. The van der Waals surface area contributed by atoms with Crippen LogP contribution in [0.5, 0.6) is 11.5 Å². The van der Waals surface area contributed by atoms with Crippen molar-refractivity contribution in [3.8, 4) is 11.5 Å². The van der Waals surface area contributed by atoms with Gasteiger partial charge in [-0.05, 0) is 24.5 Å². The van der Waals surface area contributed by atoms with Crippen LogP contribution in [0.25, 0.3) is 0 Å². The van der Waals surface area contributed by atoms with Crippen LogP contribution >= 0.6 is 0 Å². The number of nitrogens with two attached hydrogens (primary N) is 1. The molecule has 1 aromatic carbocycles. The summed E-state index contributed by atoms with van der Waals surface area (Å²) in [4.78, 5) is 0. The van der Waals surface area contributed by atoms with E-state index in [1.165, 1.54) is 0 Å². The summed E-state index contributed by atoms with van der Waals surface area (Å²) in [6.45, 7) is 0.313. The lowest BCUT2D eigenvalue weighted by Crippen LogP contribution is -2.36. The maximum Gasteiger partial charge on any atom is 0.150 e. The second-order valence-corrected chi connectivity index (χ2v) is 7.05. The minimum absolute atomic E-state index is 0.00407. The van der Waals surface area contributed by atoms with Gasteiger partial charge in [-0.25, -0.2) is 8.42 Å². The number of hydrogen-bond acceptors (Lipinski definition) is 5. The number of ether oxygens (including phenoxy) is 2. The Morgan fingerprint density at radius 1 is 1.42 bits per heavy atom. The lowest BCUT2D eigenvalue weighted by molar-refractivity contribution is 0.253. The van der Waals surface area contributed by atoms with Gasteiger partial charge < -0.3 is 15.2 Å². The van der Waals surface area contributed by atoms with Crippen molar-refractivity contribution in [1.82, 2.24) is 0 Å². The molecule has 0 saturated carbocycles. The van der Waals surface area contributed by atoms with Crippen molar-refractivity contribution >= 4 is 9.84 Å². The third-order valence-corrected chi connectivity index (χ3v) is 5.15. The molecular weight excluding hydrogens is 266 g/mol. The third kappa shape index (κ3) is 3.84. The fraction of sp³-hybridized carbons (Fsp3) is 0.538. The molecule has 0 aliphatic carbocycles. The van der Waals surface area contributed by atoms with Crippen LogP contribution in [-0.4, -0.2) is 39.7 Å².